The third-order valence-corrected chi connectivity index (χ3v) is 4.81. The molecule has 0 radical (unpaired) electrons. The molecule has 0 unspecified atom stereocenters. The summed E-state index contributed by atoms with van der Waals surface area (Å²) in [5, 5.41) is 3.18. The van der Waals surface area contributed by atoms with E-state index in [0.717, 1.165) is 0 Å². The van der Waals surface area contributed by atoms with Crippen LogP contribution in [0.2, 0.25) is 5.02 Å². The van der Waals surface area contributed by atoms with Gasteiger partial charge in [-0.3, -0.25) is 15.6 Å². The third-order valence-electron chi connectivity index (χ3n) is 2.85. The second-order valence-electron chi connectivity index (χ2n) is 4.76. The van der Waals surface area contributed by atoms with Crippen molar-refractivity contribution in [2.45, 2.75) is 17.9 Å². The molecular weight excluding hydrogens is 376 g/mol. The molecule has 0 heterocycles. The van der Waals surface area contributed by atoms with E-state index in [2.05, 4.69) is 20.9 Å². The summed E-state index contributed by atoms with van der Waals surface area (Å²) < 4.78 is 30.7. The average molecular weight is 395 g/mol. The fraction of sp³-hybridized carbons (Fsp3) is 0.385. The second-order valence-corrected chi connectivity index (χ2v) is 7.46. The summed E-state index contributed by atoms with van der Waals surface area (Å²) in [6.45, 7) is 2.29. The number of rotatable bonds is 6. The van der Waals surface area contributed by atoms with Crippen LogP contribution in [0.4, 0.5) is 0 Å². The van der Waals surface area contributed by atoms with Crippen molar-refractivity contribution in [1.82, 2.24) is 20.9 Å². The summed E-state index contributed by atoms with van der Waals surface area (Å²) in [6.07, 6.45) is 0. The number of hydrogen-bond acceptors (Lipinski definition) is 5. The van der Waals surface area contributed by atoms with Crippen molar-refractivity contribution in [3.8, 4) is 0 Å². The molecule has 0 bridgehead atoms. The maximum atomic E-state index is 12.2. The number of ether oxygens (including phenoxy) is 1. The largest absolute Gasteiger partial charge is 0.383 e. The van der Waals surface area contributed by atoms with Gasteiger partial charge in [0.25, 0.3) is 5.91 Å². The van der Waals surface area contributed by atoms with Crippen LogP contribution in [0.5, 0.6) is 0 Å². The molecule has 8 nitrogen and oxygen atoms in total. The second kappa shape index (κ2) is 9.14. The fourth-order valence-electron chi connectivity index (χ4n) is 1.70. The Morgan fingerprint density at radius 1 is 1.38 bits per heavy atom. The number of methoxy groups -OCH3 is 1. The van der Waals surface area contributed by atoms with Crippen LogP contribution in [0, 0.1) is 0 Å². The molecule has 0 fully saturated rings. The summed E-state index contributed by atoms with van der Waals surface area (Å²) in [7, 11) is -0.851. The van der Waals surface area contributed by atoms with Gasteiger partial charge in [0, 0.05) is 13.2 Å². The molecule has 0 saturated heterocycles. The summed E-state index contributed by atoms with van der Waals surface area (Å²) in [5.74, 6) is -0.628. The van der Waals surface area contributed by atoms with E-state index in [9.17, 15) is 13.2 Å². The zero-order valence-corrected chi connectivity index (χ0v) is 15.7. The van der Waals surface area contributed by atoms with Crippen LogP contribution in [0.3, 0.4) is 0 Å². The third kappa shape index (κ3) is 5.87. The molecule has 1 amide bonds. The molecule has 24 heavy (non-hydrogen) atoms. The van der Waals surface area contributed by atoms with E-state index in [4.69, 9.17) is 28.6 Å². The molecule has 0 aromatic heterocycles. The van der Waals surface area contributed by atoms with Crippen molar-refractivity contribution in [2.24, 2.45) is 0 Å². The van der Waals surface area contributed by atoms with Gasteiger partial charge in [0.15, 0.2) is 5.11 Å². The molecule has 1 atom stereocenters. The van der Waals surface area contributed by atoms with Crippen LogP contribution in [0.25, 0.3) is 0 Å². The lowest BCUT2D eigenvalue weighted by atomic mass is 10.2. The van der Waals surface area contributed by atoms with E-state index in [0.29, 0.717) is 6.61 Å². The Balaban J connectivity index is 2.78. The number of hydrogen-bond donors (Lipinski definition) is 4. The van der Waals surface area contributed by atoms with E-state index in [-0.39, 0.29) is 26.6 Å². The highest BCUT2D eigenvalue weighted by atomic mass is 35.5. The number of sulfonamides is 1. The molecule has 1 rings (SSSR count). The first-order chi connectivity index (χ1) is 11.2. The van der Waals surface area contributed by atoms with Crippen LogP contribution in [-0.4, -0.2) is 46.2 Å². The number of benzene rings is 1. The summed E-state index contributed by atoms with van der Waals surface area (Å²) in [5.41, 5.74) is 4.86. The van der Waals surface area contributed by atoms with Crippen molar-refractivity contribution >= 4 is 44.9 Å². The molecule has 134 valence electrons. The number of carbonyl (C=O) groups is 1. The zero-order valence-electron chi connectivity index (χ0n) is 13.3. The number of hydrazine groups is 1. The van der Waals surface area contributed by atoms with Gasteiger partial charge in [0.1, 0.15) is 0 Å². The van der Waals surface area contributed by atoms with Gasteiger partial charge in [-0.1, -0.05) is 11.6 Å². The van der Waals surface area contributed by atoms with E-state index >= 15 is 0 Å². The summed E-state index contributed by atoms with van der Waals surface area (Å²) in [6, 6.07) is 3.75. The number of carbonyl (C=O) groups excluding carboxylic acids is 1. The smallest absolute Gasteiger partial charge is 0.271 e. The monoisotopic (exact) mass is 394 g/mol. The molecule has 11 heteroatoms. The van der Waals surface area contributed by atoms with Gasteiger partial charge in [-0.25, -0.2) is 13.1 Å². The predicted molar refractivity (Wildman–Crippen MR) is 95.4 cm³/mol. The Bertz CT molecular complexity index is 712. The average Bonchev–Trinajstić information content (AvgIpc) is 2.53. The Labute approximate surface area is 151 Å². The fourth-order valence-corrected chi connectivity index (χ4v) is 2.91. The first-order valence-electron chi connectivity index (χ1n) is 6.80. The van der Waals surface area contributed by atoms with Crippen LogP contribution < -0.4 is 20.9 Å². The molecular formula is C13H19ClN4O4S2. The lowest BCUT2D eigenvalue weighted by molar-refractivity contribution is 0.0943. The number of amides is 1. The van der Waals surface area contributed by atoms with Gasteiger partial charge in [-0.2, -0.15) is 0 Å². The van der Waals surface area contributed by atoms with Gasteiger partial charge in [0.2, 0.25) is 10.0 Å². The summed E-state index contributed by atoms with van der Waals surface area (Å²) >= 11 is 11.0. The van der Waals surface area contributed by atoms with Gasteiger partial charge >= 0.3 is 0 Å². The molecule has 0 aliphatic heterocycles. The van der Waals surface area contributed by atoms with E-state index in [1.807, 2.05) is 6.92 Å². The zero-order chi connectivity index (χ0) is 18.3. The topological polar surface area (TPSA) is 109 Å². The van der Waals surface area contributed by atoms with Crippen molar-refractivity contribution in [3.05, 3.63) is 28.8 Å². The first kappa shape index (κ1) is 20.6. The SMILES string of the molecule is CNS(=O)(=O)c1ccc(Cl)c(C(=O)NNC(=S)N[C@@H](C)COC)c1. The van der Waals surface area contributed by atoms with Gasteiger partial charge in [-0.05, 0) is 44.4 Å². The molecule has 4 N–H and O–H groups in total. The number of halogens is 1. The van der Waals surface area contributed by atoms with Gasteiger partial charge < -0.3 is 10.1 Å². The molecule has 0 aliphatic rings. The van der Waals surface area contributed by atoms with Crippen LogP contribution in [-0.2, 0) is 14.8 Å². The van der Waals surface area contributed by atoms with Crippen LogP contribution in [0.15, 0.2) is 23.1 Å². The lowest BCUT2D eigenvalue weighted by Gasteiger charge is -2.16. The Hall–Kier alpha value is -1.46. The minimum Gasteiger partial charge on any atom is -0.383 e. The Kier molecular flexibility index (Phi) is 7.84. The standard InChI is InChI=1S/C13H19ClN4O4S2/c1-8(7-22-3)16-13(23)18-17-12(19)10-6-9(4-5-11(10)14)24(20,21)15-2/h4-6,8,15H,7H2,1-3H3,(H,17,19)(H2,16,18,23)/t8-/m0/s1. The Morgan fingerprint density at radius 2 is 2.04 bits per heavy atom. The van der Waals surface area contributed by atoms with Gasteiger partial charge in [0.05, 0.1) is 22.1 Å². The minimum absolute atomic E-state index is 0.00627. The van der Waals surface area contributed by atoms with Crippen molar-refractivity contribution < 1.29 is 17.9 Å². The van der Waals surface area contributed by atoms with E-state index in [1.165, 1.54) is 25.2 Å². The molecule has 0 spiro atoms. The van der Waals surface area contributed by atoms with Crippen molar-refractivity contribution in [2.75, 3.05) is 20.8 Å². The minimum atomic E-state index is -3.69. The van der Waals surface area contributed by atoms with Crippen molar-refractivity contribution in [1.29, 1.82) is 0 Å². The van der Waals surface area contributed by atoms with Crippen LogP contribution >= 0.6 is 23.8 Å². The molecule has 1 aromatic rings. The maximum Gasteiger partial charge on any atom is 0.271 e. The quantitative estimate of drug-likeness (QED) is 0.408. The number of thiocarbonyl (C=S) groups is 1. The van der Waals surface area contributed by atoms with Crippen LogP contribution in [0.1, 0.15) is 17.3 Å². The van der Waals surface area contributed by atoms with Crippen molar-refractivity contribution in [3.63, 3.8) is 0 Å². The Morgan fingerprint density at radius 3 is 2.62 bits per heavy atom. The van der Waals surface area contributed by atoms with E-state index < -0.39 is 15.9 Å². The highest BCUT2D eigenvalue weighted by molar-refractivity contribution is 7.89. The normalized spacial score (nSPS) is 12.3. The predicted octanol–water partition coefficient (Wildman–Crippen LogP) is 0.392. The van der Waals surface area contributed by atoms with E-state index in [1.54, 1.807) is 7.11 Å². The molecule has 1 aromatic carbocycles. The molecule has 0 saturated carbocycles. The summed E-state index contributed by atoms with van der Waals surface area (Å²) in [4.78, 5) is 12.1. The highest BCUT2D eigenvalue weighted by Crippen LogP contribution is 2.20. The number of nitrogens with one attached hydrogen (secondary N) is 4. The molecule has 0 aliphatic carbocycles. The van der Waals surface area contributed by atoms with Gasteiger partial charge in [-0.15, -0.1) is 0 Å². The first-order valence-corrected chi connectivity index (χ1v) is 9.07. The maximum absolute atomic E-state index is 12.2. The lowest BCUT2D eigenvalue weighted by Crippen LogP contribution is -2.50. The highest BCUT2D eigenvalue weighted by Gasteiger charge is 2.17.